The lowest BCUT2D eigenvalue weighted by Crippen LogP contribution is -2.40. The molecule has 0 unspecified atom stereocenters. The Bertz CT molecular complexity index is 732. The summed E-state index contributed by atoms with van der Waals surface area (Å²) in [4.78, 5) is 24.5. The molecule has 0 amide bonds. The number of Topliss-reactive ketones (excluding diaryl/α,β-unsaturated/α-hetero) is 2. The van der Waals surface area contributed by atoms with Gasteiger partial charge in [-0.1, -0.05) is 0 Å². The van der Waals surface area contributed by atoms with Gasteiger partial charge >= 0.3 is 8.25 Å². The molecule has 2 rings (SSSR count). The fourth-order valence-electron chi connectivity index (χ4n) is 1.96. The number of ketones is 2. The molecular weight excluding hydrogens is 423 g/mol. The third kappa shape index (κ3) is 6.83. The molecule has 0 radical (unpaired) electrons. The van der Waals surface area contributed by atoms with Gasteiger partial charge in [0.2, 0.25) is 11.6 Å². The van der Waals surface area contributed by atoms with Crippen molar-refractivity contribution < 1.29 is 32.7 Å². The highest BCUT2D eigenvalue weighted by atomic mass is 32.1. The first kappa shape index (κ1) is 22.8. The zero-order valence-corrected chi connectivity index (χ0v) is 18.7. The molecule has 10 heteroatoms. The summed E-state index contributed by atoms with van der Waals surface area (Å²) < 4.78 is 33.1. The van der Waals surface area contributed by atoms with Crippen LogP contribution in [-0.2, 0) is 23.2 Å². The fraction of sp³-hybridized carbons (Fsp3) is 0.444. The first-order valence-electron chi connectivity index (χ1n) is 8.39. The van der Waals surface area contributed by atoms with E-state index < -0.39 is 44.2 Å². The van der Waals surface area contributed by atoms with Gasteiger partial charge in [-0.05, 0) is 50.6 Å². The van der Waals surface area contributed by atoms with Crippen molar-refractivity contribution >= 4 is 42.5 Å². The first-order valence-corrected chi connectivity index (χ1v) is 11.5. The molecule has 0 saturated heterocycles. The third-order valence-electron chi connectivity index (χ3n) is 3.72. The summed E-state index contributed by atoms with van der Waals surface area (Å²) in [7, 11) is -3.02. The lowest BCUT2D eigenvalue weighted by atomic mass is 10.0. The van der Waals surface area contributed by atoms with Crippen LogP contribution < -0.4 is 9.47 Å². The number of carbonyl (C=O) groups excluding carboxylic acids is 2. The molecule has 154 valence electrons. The van der Waals surface area contributed by atoms with Crippen LogP contribution in [0.3, 0.4) is 0 Å². The van der Waals surface area contributed by atoms with Crippen LogP contribution >= 0.6 is 30.9 Å². The molecule has 7 nitrogen and oxygen atoms in total. The largest absolute Gasteiger partial charge is 0.479 e. The number of hydrogen-bond donors (Lipinski definition) is 0. The van der Waals surface area contributed by atoms with Gasteiger partial charge in [-0.15, -0.1) is 22.7 Å². The predicted molar refractivity (Wildman–Crippen MR) is 109 cm³/mol. The maximum atomic E-state index is 12.3. The topological polar surface area (TPSA) is 88.1 Å². The van der Waals surface area contributed by atoms with E-state index in [2.05, 4.69) is 0 Å². The van der Waals surface area contributed by atoms with Crippen molar-refractivity contribution in [3.05, 3.63) is 33.7 Å². The van der Waals surface area contributed by atoms with Crippen LogP contribution in [0.15, 0.2) is 33.7 Å². The second-order valence-corrected chi connectivity index (χ2v) is 9.45. The molecule has 0 saturated carbocycles. The van der Waals surface area contributed by atoms with Gasteiger partial charge in [0.25, 0.3) is 0 Å². The molecule has 0 N–H and O–H groups in total. The Labute approximate surface area is 172 Å². The van der Waals surface area contributed by atoms with Gasteiger partial charge in [-0.2, -0.15) is 0 Å². The van der Waals surface area contributed by atoms with Crippen molar-refractivity contribution in [1.29, 1.82) is 0 Å². The minimum atomic E-state index is -3.02. The van der Waals surface area contributed by atoms with Crippen molar-refractivity contribution in [2.75, 3.05) is 13.2 Å². The number of hydrogen-bond acceptors (Lipinski definition) is 9. The molecule has 0 bridgehead atoms. The van der Waals surface area contributed by atoms with E-state index >= 15 is 0 Å². The molecule has 0 aliphatic heterocycles. The van der Waals surface area contributed by atoms with Crippen LogP contribution in [0.5, 0.6) is 11.5 Å². The highest BCUT2D eigenvalue weighted by molar-refractivity contribution is 7.33. The Morgan fingerprint density at radius 2 is 1.25 bits per heavy atom. The van der Waals surface area contributed by atoms with E-state index in [1.807, 2.05) is 10.8 Å². The Morgan fingerprint density at radius 3 is 1.57 bits per heavy atom. The van der Waals surface area contributed by atoms with Gasteiger partial charge in [0, 0.05) is 10.8 Å². The second kappa shape index (κ2) is 9.80. The number of ether oxygens (including phenoxy) is 2. The SMILES string of the molecule is CC(C)(Oc1ccsc1)C(=O)CO[PH](=O)OCC(=O)C(C)(C)Oc1ccsc1. The maximum absolute atomic E-state index is 12.3. The van der Waals surface area contributed by atoms with Gasteiger partial charge < -0.3 is 18.5 Å². The van der Waals surface area contributed by atoms with Crippen LogP contribution in [0.1, 0.15) is 27.7 Å². The summed E-state index contributed by atoms with van der Waals surface area (Å²) in [5.41, 5.74) is -2.29. The number of rotatable bonds is 12. The summed E-state index contributed by atoms with van der Waals surface area (Å²) in [6, 6.07) is 3.50. The number of carbonyl (C=O) groups is 2. The summed E-state index contributed by atoms with van der Waals surface area (Å²) >= 11 is 2.90. The van der Waals surface area contributed by atoms with Gasteiger partial charge in [0.15, 0.2) is 11.2 Å². The average molecular weight is 446 g/mol. The zero-order chi connectivity index (χ0) is 20.8. The molecule has 2 aromatic heterocycles. The summed E-state index contributed by atoms with van der Waals surface area (Å²) in [5, 5.41) is 7.21. The van der Waals surface area contributed by atoms with Gasteiger partial charge in [0.05, 0.1) is 0 Å². The van der Waals surface area contributed by atoms with Crippen LogP contribution in [0.25, 0.3) is 0 Å². The lowest BCUT2D eigenvalue weighted by molar-refractivity contribution is -0.134. The minimum Gasteiger partial charge on any atom is -0.479 e. The molecule has 0 fully saturated rings. The number of thiophene rings is 2. The van der Waals surface area contributed by atoms with Gasteiger partial charge in [-0.3, -0.25) is 14.2 Å². The van der Waals surface area contributed by atoms with Crippen LogP contribution in [-0.4, -0.2) is 36.0 Å². The smallest absolute Gasteiger partial charge is 0.319 e. The minimum absolute atomic E-state index is 0.395. The highest BCUT2D eigenvalue weighted by Crippen LogP contribution is 2.28. The van der Waals surface area contributed by atoms with Crippen LogP contribution in [0.2, 0.25) is 0 Å². The van der Waals surface area contributed by atoms with E-state index in [0.29, 0.717) is 11.5 Å². The molecule has 28 heavy (non-hydrogen) atoms. The van der Waals surface area contributed by atoms with Gasteiger partial charge in [0.1, 0.15) is 24.7 Å². The second-order valence-electron chi connectivity index (χ2n) is 6.82. The predicted octanol–water partition coefficient (Wildman–Crippen LogP) is 4.39. The molecule has 0 aliphatic rings. The molecular formula is C18H23O7PS2. The molecule has 2 heterocycles. The van der Waals surface area contributed by atoms with Crippen LogP contribution in [0, 0.1) is 0 Å². The quantitative estimate of drug-likeness (QED) is 0.447. The average Bonchev–Trinajstić information content (AvgIpc) is 3.30. The lowest BCUT2D eigenvalue weighted by Gasteiger charge is -2.24. The summed E-state index contributed by atoms with van der Waals surface area (Å²) in [6.07, 6.45) is 0. The standard InChI is InChI=1S/C18H23O7PS2/c1-17(2,24-13-5-7-27-11-13)15(19)9-22-26(21)23-10-16(20)18(3,4)25-14-6-8-28-12-14/h5-8,11-12,26H,9-10H2,1-4H3. The molecule has 2 aromatic rings. The van der Waals surface area contributed by atoms with E-state index in [-0.39, 0.29) is 0 Å². The molecule has 0 atom stereocenters. The fourth-order valence-corrected chi connectivity index (χ4v) is 3.65. The van der Waals surface area contributed by atoms with E-state index in [1.165, 1.54) is 22.7 Å². The first-order chi connectivity index (χ1) is 13.1. The van der Waals surface area contributed by atoms with E-state index in [0.717, 1.165) is 0 Å². The Morgan fingerprint density at radius 1 is 0.857 bits per heavy atom. The third-order valence-corrected chi connectivity index (χ3v) is 5.80. The Balaban J connectivity index is 1.75. The summed E-state index contributed by atoms with van der Waals surface area (Å²) in [5.74, 6) is 0.359. The Hall–Kier alpha value is -1.51. The van der Waals surface area contributed by atoms with Crippen molar-refractivity contribution in [2.45, 2.75) is 38.9 Å². The zero-order valence-electron chi connectivity index (χ0n) is 16.1. The van der Waals surface area contributed by atoms with E-state index in [1.54, 1.807) is 50.6 Å². The molecule has 0 aromatic carbocycles. The van der Waals surface area contributed by atoms with Gasteiger partial charge in [-0.25, -0.2) is 0 Å². The van der Waals surface area contributed by atoms with Crippen molar-refractivity contribution in [3.63, 3.8) is 0 Å². The molecule has 0 spiro atoms. The van der Waals surface area contributed by atoms with Crippen LogP contribution in [0.4, 0.5) is 0 Å². The highest BCUT2D eigenvalue weighted by Gasteiger charge is 2.32. The normalized spacial score (nSPS) is 12.2. The maximum Gasteiger partial charge on any atom is 0.319 e. The van der Waals surface area contributed by atoms with E-state index in [4.69, 9.17) is 18.5 Å². The summed E-state index contributed by atoms with van der Waals surface area (Å²) in [6.45, 7) is 5.50. The van der Waals surface area contributed by atoms with Crippen molar-refractivity contribution in [1.82, 2.24) is 0 Å². The van der Waals surface area contributed by atoms with E-state index in [9.17, 15) is 14.2 Å². The molecule has 0 aliphatic carbocycles. The monoisotopic (exact) mass is 446 g/mol. The Kier molecular flexibility index (Phi) is 7.97. The van der Waals surface area contributed by atoms with Crippen molar-refractivity contribution in [3.8, 4) is 11.5 Å². The van der Waals surface area contributed by atoms with Crippen molar-refractivity contribution in [2.24, 2.45) is 0 Å².